The van der Waals surface area contributed by atoms with E-state index in [-0.39, 0.29) is 26.1 Å². The minimum atomic E-state index is -1.77. The summed E-state index contributed by atoms with van der Waals surface area (Å²) >= 11 is 0. The van der Waals surface area contributed by atoms with Crippen molar-refractivity contribution >= 4 is 11.9 Å². The summed E-state index contributed by atoms with van der Waals surface area (Å²) in [6.07, 6.45) is 29.9. The Morgan fingerprint density at radius 2 is 0.886 bits per heavy atom. The van der Waals surface area contributed by atoms with Gasteiger partial charge in [-0.1, -0.05) is 159 Å². The van der Waals surface area contributed by atoms with Crippen LogP contribution in [0.1, 0.15) is 194 Å². The number of carbonyl (C=O) groups is 2. The Morgan fingerprint density at radius 3 is 1.39 bits per heavy atom. The van der Waals surface area contributed by atoms with Crippen LogP contribution in [-0.2, 0) is 38.0 Å². The first-order chi connectivity index (χ1) is 34.0. The topological polar surface area (TPSA) is 231 Å². The van der Waals surface area contributed by atoms with Gasteiger partial charge in [0.05, 0.1) is 19.8 Å². The van der Waals surface area contributed by atoms with Gasteiger partial charge in [0.15, 0.2) is 18.7 Å². The lowest BCUT2D eigenvalue weighted by atomic mass is 9.98. The van der Waals surface area contributed by atoms with E-state index in [1.165, 1.54) is 64.2 Å². The molecule has 2 heterocycles. The Balaban J connectivity index is 1.78. The quantitative estimate of drug-likeness (QED) is 0.0173. The molecule has 2 saturated heterocycles. The molecular weight excluding hydrogens is 901 g/mol. The lowest BCUT2D eigenvalue weighted by Crippen LogP contribution is -2.61. The van der Waals surface area contributed by atoms with Gasteiger partial charge >= 0.3 is 11.9 Å². The summed E-state index contributed by atoms with van der Waals surface area (Å²) in [5.41, 5.74) is 0. The molecule has 2 aliphatic rings. The molecule has 0 saturated carbocycles. The highest BCUT2D eigenvalue weighted by atomic mass is 16.7. The number of unbranched alkanes of at least 4 members (excludes halogenated alkanes) is 20. The molecule has 0 spiro atoms. The van der Waals surface area contributed by atoms with Crippen LogP contribution in [0, 0.1) is 0 Å². The van der Waals surface area contributed by atoms with Gasteiger partial charge in [-0.2, -0.15) is 0 Å². The summed E-state index contributed by atoms with van der Waals surface area (Å²) in [4.78, 5) is 25.8. The molecule has 0 bridgehead atoms. The Morgan fingerprint density at radius 1 is 0.457 bits per heavy atom. The number of allylic oxidation sites excluding steroid dienone is 8. The molecule has 7 N–H and O–H groups in total. The number of ether oxygens (including phenoxy) is 6. The van der Waals surface area contributed by atoms with Gasteiger partial charge in [0.25, 0.3) is 0 Å². The van der Waals surface area contributed by atoms with Crippen molar-refractivity contribution in [1.82, 2.24) is 0 Å². The first-order valence-electron chi connectivity index (χ1n) is 27.2. The number of esters is 2. The normalized spacial score (nSPS) is 25.7. The molecule has 0 aromatic heterocycles. The van der Waals surface area contributed by atoms with Crippen molar-refractivity contribution in [3.8, 4) is 0 Å². The lowest BCUT2D eigenvalue weighted by Gasteiger charge is -2.42. The molecule has 11 atom stereocenters. The van der Waals surface area contributed by atoms with Crippen molar-refractivity contribution in [1.29, 1.82) is 0 Å². The van der Waals surface area contributed by atoms with Crippen LogP contribution in [0.5, 0.6) is 0 Å². The Bertz CT molecular complexity index is 1400. The highest BCUT2D eigenvalue weighted by Crippen LogP contribution is 2.26. The predicted octanol–water partition coefficient (Wildman–Crippen LogP) is 8.27. The number of carbonyl (C=O) groups excluding carboxylic acids is 2. The van der Waals surface area contributed by atoms with Crippen molar-refractivity contribution in [3.63, 3.8) is 0 Å². The van der Waals surface area contributed by atoms with Crippen LogP contribution in [0.4, 0.5) is 0 Å². The van der Waals surface area contributed by atoms with E-state index in [2.05, 4.69) is 62.5 Å². The van der Waals surface area contributed by atoms with E-state index in [9.17, 15) is 45.3 Å². The maximum Gasteiger partial charge on any atom is 0.306 e. The summed E-state index contributed by atoms with van der Waals surface area (Å²) < 4.78 is 33.6. The highest BCUT2D eigenvalue weighted by Gasteiger charge is 2.47. The lowest BCUT2D eigenvalue weighted by molar-refractivity contribution is -0.332. The summed E-state index contributed by atoms with van der Waals surface area (Å²) in [6, 6.07) is 0. The second kappa shape index (κ2) is 41.9. The second-order valence-electron chi connectivity index (χ2n) is 19.0. The first-order valence-corrected chi connectivity index (χ1v) is 27.2. The summed E-state index contributed by atoms with van der Waals surface area (Å²) in [6.45, 7) is 2.50. The Kier molecular flexibility index (Phi) is 38.0. The molecule has 406 valence electrons. The number of rotatable bonds is 42. The minimum absolute atomic E-state index is 0.156. The van der Waals surface area contributed by atoms with Crippen LogP contribution in [0.3, 0.4) is 0 Å². The van der Waals surface area contributed by atoms with Gasteiger partial charge in [0.2, 0.25) is 0 Å². The molecule has 0 amide bonds. The maximum atomic E-state index is 13.0. The van der Waals surface area contributed by atoms with E-state index in [1.807, 2.05) is 0 Å². The fourth-order valence-corrected chi connectivity index (χ4v) is 8.28. The Labute approximate surface area is 420 Å². The largest absolute Gasteiger partial charge is 0.462 e. The van der Waals surface area contributed by atoms with E-state index in [0.29, 0.717) is 12.8 Å². The smallest absolute Gasteiger partial charge is 0.306 e. The predicted molar refractivity (Wildman–Crippen MR) is 270 cm³/mol. The number of aliphatic hydroxyl groups excluding tert-OH is 7. The average Bonchev–Trinajstić information content (AvgIpc) is 3.35. The zero-order valence-electron chi connectivity index (χ0n) is 43.0. The molecule has 0 aromatic rings. The second-order valence-corrected chi connectivity index (χ2v) is 19.0. The number of aliphatic hydroxyl groups is 7. The molecule has 15 nitrogen and oxygen atoms in total. The van der Waals surface area contributed by atoms with Crippen LogP contribution < -0.4 is 0 Å². The van der Waals surface area contributed by atoms with E-state index in [1.54, 1.807) is 0 Å². The van der Waals surface area contributed by atoms with Gasteiger partial charge < -0.3 is 64.2 Å². The molecule has 0 radical (unpaired) electrons. The number of hydrogen-bond acceptors (Lipinski definition) is 15. The van der Waals surface area contributed by atoms with Gasteiger partial charge in [-0.05, 0) is 70.6 Å². The van der Waals surface area contributed by atoms with Gasteiger partial charge in [-0.25, -0.2) is 0 Å². The van der Waals surface area contributed by atoms with Gasteiger partial charge in [-0.3, -0.25) is 9.59 Å². The molecule has 70 heavy (non-hydrogen) atoms. The van der Waals surface area contributed by atoms with Gasteiger partial charge in [0.1, 0.15) is 55.4 Å². The summed E-state index contributed by atoms with van der Waals surface area (Å²) in [7, 11) is 0. The van der Waals surface area contributed by atoms with Crippen LogP contribution in [0.15, 0.2) is 48.6 Å². The molecule has 2 rings (SSSR count). The van der Waals surface area contributed by atoms with Crippen LogP contribution in [0.2, 0.25) is 0 Å². The van der Waals surface area contributed by atoms with E-state index < -0.39 is 92.7 Å². The van der Waals surface area contributed by atoms with E-state index in [0.717, 1.165) is 89.9 Å². The van der Waals surface area contributed by atoms with E-state index >= 15 is 0 Å². The van der Waals surface area contributed by atoms with Crippen molar-refractivity contribution in [2.24, 2.45) is 0 Å². The molecule has 0 aliphatic carbocycles. The van der Waals surface area contributed by atoms with Crippen LogP contribution >= 0.6 is 0 Å². The first kappa shape index (κ1) is 63.6. The summed E-state index contributed by atoms with van der Waals surface area (Å²) in [5, 5.41) is 72.1. The molecule has 2 aliphatic heterocycles. The van der Waals surface area contributed by atoms with Crippen LogP contribution in [0.25, 0.3) is 0 Å². The fourth-order valence-electron chi connectivity index (χ4n) is 8.28. The zero-order chi connectivity index (χ0) is 51.0. The third-order valence-corrected chi connectivity index (χ3v) is 12.8. The maximum absolute atomic E-state index is 13.0. The SMILES string of the molecule is CCC/C=C\C/C=C\CCCCCCCC(=O)OCC(COC1OC(COC2OC(CO)C(O)C(O)C2O)C(O)C(O)C1O)OC(=O)CCCCCCCCCCC/C=C\C/C=C\CCCCCCC. The van der Waals surface area contributed by atoms with Crippen LogP contribution in [-0.4, -0.2) is 142 Å². The monoisotopic (exact) mass is 997 g/mol. The fraction of sp³-hybridized carbons (Fsp3) is 0.818. The minimum Gasteiger partial charge on any atom is -0.462 e. The van der Waals surface area contributed by atoms with Gasteiger partial charge in [0, 0.05) is 12.8 Å². The standard InChI is InChI=1S/C55H96O15/c1-3-5-7-9-11-13-15-17-18-19-20-21-22-23-24-26-28-30-32-34-36-38-47(58)68-43(40-65-46(57)37-35-33-31-29-27-25-16-14-12-10-8-6-4-2)41-66-54-53(64)51(62)49(60)45(70-54)42-67-55-52(63)50(61)48(59)44(39-56)69-55/h8,10,14-17,19-20,43-45,48-56,59-64H,3-7,9,11-13,18,21-42H2,1-2H3/b10-8-,16-14-,17-15-,20-19-. The molecule has 15 heteroatoms. The molecule has 2 fully saturated rings. The van der Waals surface area contributed by atoms with Crippen molar-refractivity contribution in [3.05, 3.63) is 48.6 Å². The highest BCUT2D eigenvalue weighted by molar-refractivity contribution is 5.70. The molecule has 0 aromatic carbocycles. The van der Waals surface area contributed by atoms with Crippen molar-refractivity contribution in [2.45, 2.75) is 261 Å². The average molecular weight is 997 g/mol. The van der Waals surface area contributed by atoms with Gasteiger partial charge in [-0.15, -0.1) is 0 Å². The third kappa shape index (κ3) is 29.2. The van der Waals surface area contributed by atoms with E-state index in [4.69, 9.17) is 28.4 Å². The van der Waals surface area contributed by atoms with Crippen molar-refractivity contribution in [2.75, 3.05) is 26.4 Å². The summed E-state index contributed by atoms with van der Waals surface area (Å²) in [5.74, 6) is -0.946. The molecule has 11 unspecified atom stereocenters. The van der Waals surface area contributed by atoms with Crippen molar-refractivity contribution < 1.29 is 73.8 Å². The third-order valence-electron chi connectivity index (χ3n) is 12.8. The number of hydrogen-bond donors (Lipinski definition) is 7. The zero-order valence-corrected chi connectivity index (χ0v) is 43.0. The Hall–Kier alpha value is -2.54. The molecular formula is C55H96O15.